The summed E-state index contributed by atoms with van der Waals surface area (Å²) in [6.07, 6.45) is 0.172. The van der Waals surface area contributed by atoms with Crippen LogP contribution in [0.3, 0.4) is 0 Å². The molecule has 1 heterocycles. The van der Waals surface area contributed by atoms with Gasteiger partial charge in [0.15, 0.2) is 0 Å². The van der Waals surface area contributed by atoms with Gasteiger partial charge < -0.3 is 19.5 Å². The van der Waals surface area contributed by atoms with Crippen LogP contribution in [0.25, 0.3) is 0 Å². The predicted molar refractivity (Wildman–Crippen MR) is 69.6 cm³/mol. The number of amides is 1. The fourth-order valence-corrected chi connectivity index (χ4v) is 2.09. The molecule has 1 aromatic rings. The lowest BCUT2D eigenvalue weighted by Gasteiger charge is -2.34. The van der Waals surface area contributed by atoms with Crippen molar-refractivity contribution in [2.45, 2.75) is 19.1 Å². The van der Waals surface area contributed by atoms with Gasteiger partial charge in [0.1, 0.15) is 6.61 Å². The molecule has 1 aliphatic heterocycles. The van der Waals surface area contributed by atoms with E-state index < -0.39 is 0 Å². The van der Waals surface area contributed by atoms with Crippen molar-refractivity contribution in [3.63, 3.8) is 0 Å². The molecule has 0 saturated carbocycles. The highest BCUT2D eigenvalue weighted by atomic mass is 16.6. The van der Waals surface area contributed by atoms with Gasteiger partial charge in [-0.2, -0.15) is 0 Å². The van der Waals surface area contributed by atoms with Crippen LogP contribution >= 0.6 is 0 Å². The summed E-state index contributed by atoms with van der Waals surface area (Å²) in [4.78, 5) is 13.7. The minimum absolute atomic E-state index is 0.0382. The van der Waals surface area contributed by atoms with Crippen LogP contribution < -0.4 is 0 Å². The number of carbonyl (C=O) groups excluding carboxylic acids is 1. The number of hydrogen-bond acceptors (Lipinski definition) is 4. The highest BCUT2D eigenvalue weighted by Crippen LogP contribution is 2.13. The van der Waals surface area contributed by atoms with Crippen LogP contribution in [-0.2, 0) is 16.1 Å². The van der Waals surface area contributed by atoms with E-state index in [4.69, 9.17) is 14.6 Å². The highest BCUT2D eigenvalue weighted by Gasteiger charge is 2.27. The molecule has 1 atom stereocenters. The van der Waals surface area contributed by atoms with Crippen molar-refractivity contribution < 1.29 is 19.4 Å². The minimum atomic E-state index is -0.342. The Morgan fingerprint density at radius 3 is 2.95 bits per heavy atom. The monoisotopic (exact) mass is 265 g/mol. The third kappa shape index (κ3) is 3.94. The molecule has 0 radical (unpaired) electrons. The molecule has 1 aromatic carbocycles. The molecule has 0 bridgehead atoms. The first-order valence-electron chi connectivity index (χ1n) is 6.47. The van der Waals surface area contributed by atoms with E-state index in [1.807, 2.05) is 30.3 Å². The van der Waals surface area contributed by atoms with E-state index in [2.05, 4.69) is 0 Å². The molecule has 1 saturated heterocycles. The first kappa shape index (κ1) is 13.8. The summed E-state index contributed by atoms with van der Waals surface area (Å²) in [5.74, 6) is 0. The van der Waals surface area contributed by atoms with E-state index in [-0.39, 0.29) is 25.3 Å². The van der Waals surface area contributed by atoms with Gasteiger partial charge in [-0.05, 0) is 12.0 Å². The van der Waals surface area contributed by atoms with Crippen LogP contribution in [0.4, 0.5) is 4.79 Å². The van der Waals surface area contributed by atoms with Crippen LogP contribution in [0.15, 0.2) is 30.3 Å². The van der Waals surface area contributed by atoms with Crippen LogP contribution in [-0.4, -0.2) is 48.5 Å². The summed E-state index contributed by atoms with van der Waals surface area (Å²) >= 11 is 0. The summed E-state index contributed by atoms with van der Waals surface area (Å²) in [6.45, 7) is 1.79. The molecule has 0 aromatic heterocycles. The predicted octanol–water partition coefficient (Wildman–Crippen LogP) is 1.41. The van der Waals surface area contributed by atoms with Crippen LogP contribution in [0.1, 0.15) is 12.0 Å². The van der Waals surface area contributed by atoms with Crippen molar-refractivity contribution >= 4 is 6.09 Å². The van der Waals surface area contributed by atoms with Crippen molar-refractivity contribution in [3.8, 4) is 0 Å². The van der Waals surface area contributed by atoms with Gasteiger partial charge in [0.2, 0.25) is 0 Å². The fraction of sp³-hybridized carbons (Fsp3) is 0.500. The summed E-state index contributed by atoms with van der Waals surface area (Å²) < 4.78 is 10.6. The molecule has 5 nitrogen and oxygen atoms in total. The Balaban J connectivity index is 1.87. The first-order valence-corrected chi connectivity index (χ1v) is 6.47. The zero-order valence-corrected chi connectivity index (χ0v) is 10.8. The van der Waals surface area contributed by atoms with Gasteiger partial charge in [0.25, 0.3) is 0 Å². The van der Waals surface area contributed by atoms with Gasteiger partial charge in [0.05, 0.1) is 19.3 Å². The summed E-state index contributed by atoms with van der Waals surface area (Å²) in [5, 5.41) is 8.99. The number of aliphatic hydroxyl groups is 1. The van der Waals surface area contributed by atoms with Crippen molar-refractivity contribution in [1.29, 1.82) is 0 Å². The zero-order valence-electron chi connectivity index (χ0n) is 10.8. The van der Waals surface area contributed by atoms with E-state index >= 15 is 0 Å². The number of ether oxygens (including phenoxy) is 2. The fourth-order valence-electron chi connectivity index (χ4n) is 2.09. The SMILES string of the molecule is O=C(OCc1ccccc1)N1CCOCC1CCO. The maximum absolute atomic E-state index is 12.0. The molecule has 104 valence electrons. The topological polar surface area (TPSA) is 59.0 Å². The minimum Gasteiger partial charge on any atom is -0.445 e. The summed E-state index contributed by atoms with van der Waals surface area (Å²) in [6, 6.07) is 9.47. The maximum Gasteiger partial charge on any atom is 0.410 e. The van der Waals surface area contributed by atoms with E-state index in [0.29, 0.717) is 26.2 Å². The molecule has 1 N–H and O–H groups in total. The van der Waals surface area contributed by atoms with Gasteiger partial charge in [-0.25, -0.2) is 4.79 Å². The number of morpholine rings is 1. The number of rotatable bonds is 4. The molecule has 1 amide bonds. The Morgan fingerprint density at radius 2 is 2.21 bits per heavy atom. The van der Waals surface area contributed by atoms with E-state index in [1.54, 1.807) is 4.90 Å². The average molecular weight is 265 g/mol. The molecule has 0 aliphatic carbocycles. The Bertz CT molecular complexity index is 394. The Labute approximate surface area is 112 Å². The van der Waals surface area contributed by atoms with Gasteiger partial charge in [-0.3, -0.25) is 0 Å². The van der Waals surface area contributed by atoms with Crippen LogP contribution in [0, 0.1) is 0 Å². The van der Waals surface area contributed by atoms with E-state index in [1.165, 1.54) is 0 Å². The third-order valence-electron chi connectivity index (χ3n) is 3.13. The molecule has 1 fully saturated rings. The standard InChI is InChI=1S/C14H19NO4/c16-8-6-13-11-18-9-7-15(13)14(17)19-10-12-4-2-1-3-5-12/h1-5,13,16H,6-11H2. The zero-order chi connectivity index (χ0) is 13.5. The van der Waals surface area contributed by atoms with Crippen molar-refractivity contribution in [1.82, 2.24) is 4.90 Å². The molecule has 19 heavy (non-hydrogen) atoms. The lowest BCUT2D eigenvalue weighted by molar-refractivity contribution is -0.0171. The van der Waals surface area contributed by atoms with E-state index in [0.717, 1.165) is 5.56 Å². The largest absolute Gasteiger partial charge is 0.445 e. The van der Waals surface area contributed by atoms with Crippen molar-refractivity contribution in [2.24, 2.45) is 0 Å². The molecule has 0 spiro atoms. The molecule has 2 rings (SSSR count). The quantitative estimate of drug-likeness (QED) is 0.894. The summed E-state index contributed by atoms with van der Waals surface area (Å²) in [7, 11) is 0. The first-order chi connectivity index (χ1) is 9.31. The lowest BCUT2D eigenvalue weighted by atomic mass is 10.2. The smallest absolute Gasteiger partial charge is 0.410 e. The van der Waals surface area contributed by atoms with Crippen molar-refractivity contribution in [2.75, 3.05) is 26.4 Å². The third-order valence-corrected chi connectivity index (χ3v) is 3.13. The number of aliphatic hydroxyl groups excluding tert-OH is 1. The molecule has 1 unspecified atom stereocenters. The summed E-state index contributed by atoms with van der Waals surface area (Å²) in [5.41, 5.74) is 0.961. The highest BCUT2D eigenvalue weighted by molar-refractivity contribution is 5.68. The second kappa shape index (κ2) is 7.11. The maximum atomic E-state index is 12.0. The average Bonchev–Trinajstić information content (AvgIpc) is 2.47. The Hall–Kier alpha value is -1.59. The second-order valence-corrected chi connectivity index (χ2v) is 4.47. The molecule has 1 aliphatic rings. The second-order valence-electron chi connectivity index (χ2n) is 4.47. The van der Waals surface area contributed by atoms with Gasteiger partial charge in [0, 0.05) is 13.2 Å². The van der Waals surface area contributed by atoms with Gasteiger partial charge in [-0.15, -0.1) is 0 Å². The number of nitrogens with zero attached hydrogens (tertiary/aromatic N) is 1. The molecular weight excluding hydrogens is 246 g/mol. The van der Waals surface area contributed by atoms with Gasteiger partial charge >= 0.3 is 6.09 Å². The van der Waals surface area contributed by atoms with Crippen molar-refractivity contribution in [3.05, 3.63) is 35.9 Å². The van der Waals surface area contributed by atoms with Crippen LogP contribution in [0.5, 0.6) is 0 Å². The van der Waals surface area contributed by atoms with Crippen LogP contribution in [0.2, 0.25) is 0 Å². The number of carbonyl (C=O) groups is 1. The number of benzene rings is 1. The Kier molecular flexibility index (Phi) is 5.18. The van der Waals surface area contributed by atoms with Gasteiger partial charge in [-0.1, -0.05) is 30.3 Å². The number of hydrogen-bond donors (Lipinski definition) is 1. The van der Waals surface area contributed by atoms with E-state index in [9.17, 15) is 4.79 Å². The lowest BCUT2D eigenvalue weighted by Crippen LogP contribution is -2.49. The molecular formula is C14H19NO4. The molecule has 5 heteroatoms. The normalized spacial score (nSPS) is 19.2. The Morgan fingerprint density at radius 1 is 1.42 bits per heavy atom.